The first-order valence-corrected chi connectivity index (χ1v) is 6.53. The number of rotatable bonds is 2. The smallest absolute Gasteiger partial charge is 0.257 e. The number of aryl methyl sites for hydroxylation is 2. The Labute approximate surface area is 108 Å². The van der Waals surface area contributed by atoms with Crippen molar-refractivity contribution >= 4 is 5.91 Å². The average Bonchev–Trinajstić information content (AvgIpc) is 2.67. The van der Waals surface area contributed by atoms with Crippen LogP contribution >= 0.6 is 0 Å². The molecule has 1 aliphatic carbocycles. The van der Waals surface area contributed by atoms with Gasteiger partial charge in [-0.1, -0.05) is 12.8 Å². The van der Waals surface area contributed by atoms with E-state index >= 15 is 0 Å². The monoisotopic (exact) mass is 251 g/mol. The number of furan rings is 1. The molecule has 0 spiro atoms. The van der Waals surface area contributed by atoms with Crippen molar-refractivity contribution in [3.8, 4) is 0 Å². The van der Waals surface area contributed by atoms with Crippen LogP contribution in [0, 0.1) is 13.8 Å². The predicted octanol–water partition coefficient (Wildman–Crippen LogP) is 2.27. The van der Waals surface area contributed by atoms with Crippen LogP contribution in [0.25, 0.3) is 0 Å². The molecule has 0 radical (unpaired) electrons. The normalized spacial score (nSPS) is 24.0. The number of amides is 1. The first-order valence-electron chi connectivity index (χ1n) is 6.53. The van der Waals surface area contributed by atoms with Gasteiger partial charge in [-0.05, 0) is 32.8 Å². The summed E-state index contributed by atoms with van der Waals surface area (Å²) in [5.41, 5.74) is 0.604. The minimum atomic E-state index is -0.402. The highest BCUT2D eigenvalue weighted by molar-refractivity contribution is 5.95. The lowest BCUT2D eigenvalue weighted by molar-refractivity contribution is 0.0267. The fraction of sp³-hybridized carbons (Fsp3) is 0.643. The zero-order chi connectivity index (χ0) is 13.3. The molecule has 1 amide bonds. The second kappa shape index (κ2) is 5.14. The van der Waals surface area contributed by atoms with E-state index < -0.39 is 6.10 Å². The van der Waals surface area contributed by atoms with E-state index in [1.165, 1.54) is 0 Å². The molecule has 1 aromatic rings. The highest BCUT2D eigenvalue weighted by Crippen LogP contribution is 2.25. The fourth-order valence-electron chi connectivity index (χ4n) is 2.73. The van der Waals surface area contributed by atoms with Crippen LogP contribution in [0.5, 0.6) is 0 Å². The van der Waals surface area contributed by atoms with E-state index in [0.29, 0.717) is 11.3 Å². The third-order valence-electron chi connectivity index (χ3n) is 3.78. The van der Waals surface area contributed by atoms with Gasteiger partial charge in [-0.2, -0.15) is 0 Å². The Balaban J connectivity index is 2.15. The second-order valence-electron chi connectivity index (χ2n) is 5.16. The summed E-state index contributed by atoms with van der Waals surface area (Å²) in [4.78, 5) is 14.0. The topological polar surface area (TPSA) is 53.7 Å². The third kappa shape index (κ3) is 2.43. The molecule has 1 heterocycles. The maximum atomic E-state index is 12.4. The number of carbonyl (C=O) groups excluding carboxylic acids is 1. The lowest BCUT2D eigenvalue weighted by Gasteiger charge is -2.35. The van der Waals surface area contributed by atoms with E-state index in [0.717, 1.165) is 31.4 Å². The van der Waals surface area contributed by atoms with Crippen molar-refractivity contribution in [2.45, 2.75) is 51.7 Å². The summed E-state index contributed by atoms with van der Waals surface area (Å²) >= 11 is 0. The molecular weight excluding hydrogens is 230 g/mol. The summed E-state index contributed by atoms with van der Waals surface area (Å²) in [5, 5.41) is 9.99. The lowest BCUT2D eigenvalue weighted by atomic mass is 9.91. The number of likely N-dealkylation sites (N-methyl/N-ethyl adjacent to an activating group) is 1. The van der Waals surface area contributed by atoms with Crippen LogP contribution in [-0.4, -0.2) is 35.1 Å². The number of hydrogen-bond acceptors (Lipinski definition) is 3. The Bertz CT molecular complexity index is 438. The van der Waals surface area contributed by atoms with Crippen LogP contribution in [0.1, 0.15) is 47.6 Å². The second-order valence-corrected chi connectivity index (χ2v) is 5.16. The van der Waals surface area contributed by atoms with Gasteiger partial charge < -0.3 is 14.4 Å². The van der Waals surface area contributed by atoms with Crippen LogP contribution < -0.4 is 0 Å². The van der Waals surface area contributed by atoms with Gasteiger partial charge in [-0.25, -0.2) is 0 Å². The van der Waals surface area contributed by atoms with E-state index in [9.17, 15) is 9.90 Å². The van der Waals surface area contributed by atoms with Gasteiger partial charge in [0.05, 0.1) is 17.7 Å². The number of nitrogens with zero attached hydrogens (tertiary/aromatic N) is 1. The van der Waals surface area contributed by atoms with E-state index in [-0.39, 0.29) is 11.9 Å². The summed E-state index contributed by atoms with van der Waals surface area (Å²) < 4.78 is 5.39. The quantitative estimate of drug-likeness (QED) is 0.877. The van der Waals surface area contributed by atoms with Gasteiger partial charge in [0.2, 0.25) is 0 Å². The van der Waals surface area contributed by atoms with Crippen molar-refractivity contribution in [2.24, 2.45) is 0 Å². The average molecular weight is 251 g/mol. The van der Waals surface area contributed by atoms with Gasteiger partial charge in [0, 0.05) is 7.05 Å². The van der Waals surface area contributed by atoms with Gasteiger partial charge in [-0.3, -0.25) is 4.79 Å². The minimum Gasteiger partial charge on any atom is -0.466 e. The maximum Gasteiger partial charge on any atom is 0.257 e. The molecule has 1 N–H and O–H groups in total. The summed E-state index contributed by atoms with van der Waals surface area (Å²) in [6.45, 7) is 3.63. The van der Waals surface area contributed by atoms with Crippen LogP contribution in [-0.2, 0) is 0 Å². The van der Waals surface area contributed by atoms with Crippen LogP contribution in [0.4, 0.5) is 0 Å². The molecule has 2 rings (SSSR count). The van der Waals surface area contributed by atoms with Crippen molar-refractivity contribution in [2.75, 3.05) is 7.05 Å². The summed E-state index contributed by atoms with van der Waals surface area (Å²) in [7, 11) is 1.77. The predicted molar refractivity (Wildman–Crippen MR) is 68.5 cm³/mol. The lowest BCUT2D eigenvalue weighted by Crippen LogP contribution is -2.46. The standard InChI is InChI=1S/C14H21NO3/c1-9-8-11(10(2)18-9)14(17)15(3)12-6-4-5-7-13(12)16/h8,12-13,16H,4-7H2,1-3H3. The molecule has 0 bridgehead atoms. The van der Waals surface area contributed by atoms with Crippen molar-refractivity contribution in [1.82, 2.24) is 4.90 Å². The molecule has 1 saturated carbocycles. The van der Waals surface area contributed by atoms with Crippen LogP contribution in [0.3, 0.4) is 0 Å². The first kappa shape index (κ1) is 13.1. The van der Waals surface area contributed by atoms with Gasteiger partial charge in [0.15, 0.2) is 0 Å². The van der Waals surface area contributed by atoms with E-state index in [1.54, 1.807) is 24.9 Å². The van der Waals surface area contributed by atoms with Crippen molar-refractivity contribution in [1.29, 1.82) is 0 Å². The first-order chi connectivity index (χ1) is 8.50. The third-order valence-corrected chi connectivity index (χ3v) is 3.78. The molecule has 1 fully saturated rings. The SMILES string of the molecule is Cc1cc(C(=O)N(C)C2CCCCC2O)c(C)o1. The summed E-state index contributed by atoms with van der Waals surface area (Å²) in [5.74, 6) is 1.33. The molecular formula is C14H21NO3. The van der Waals surface area contributed by atoms with Gasteiger partial charge in [0.25, 0.3) is 5.91 Å². The summed E-state index contributed by atoms with van der Waals surface area (Å²) in [6.07, 6.45) is 3.37. The Morgan fingerprint density at radius 2 is 2.06 bits per heavy atom. The van der Waals surface area contributed by atoms with Crippen LogP contribution in [0.15, 0.2) is 10.5 Å². The summed E-state index contributed by atoms with van der Waals surface area (Å²) in [6, 6.07) is 1.70. The van der Waals surface area contributed by atoms with Gasteiger partial charge >= 0.3 is 0 Å². The Morgan fingerprint density at radius 1 is 1.39 bits per heavy atom. The molecule has 1 aliphatic rings. The highest BCUT2D eigenvalue weighted by atomic mass is 16.3. The van der Waals surface area contributed by atoms with Crippen molar-refractivity contribution in [3.63, 3.8) is 0 Å². The molecule has 18 heavy (non-hydrogen) atoms. The molecule has 100 valence electrons. The molecule has 4 nitrogen and oxygen atoms in total. The Hall–Kier alpha value is -1.29. The van der Waals surface area contributed by atoms with Crippen molar-refractivity contribution in [3.05, 3.63) is 23.2 Å². The number of aliphatic hydroxyl groups is 1. The molecule has 2 unspecified atom stereocenters. The van der Waals surface area contributed by atoms with Crippen LogP contribution in [0.2, 0.25) is 0 Å². The van der Waals surface area contributed by atoms with E-state index in [2.05, 4.69) is 0 Å². The molecule has 0 aromatic carbocycles. The maximum absolute atomic E-state index is 12.4. The molecule has 4 heteroatoms. The molecule has 1 aromatic heterocycles. The minimum absolute atomic E-state index is 0.0599. The Morgan fingerprint density at radius 3 is 2.61 bits per heavy atom. The molecule has 0 aliphatic heterocycles. The highest BCUT2D eigenvalue weighted by Gasteiger charge is 2.30. The number of aliphatic hydroxyl groups excluding tert-OH is 1. The molecule has 0 saturated heterocycles. The van der Waals surface area contributed by atoms with Gasteiger partial charge in [-0.15, -0.1) is 0 Å². The largest absolute Gasteiger partial charge is 0.466 e. The zero-order valence-corrected chi connectivity index (χ0v) is 11.3. The fourth-order valence-corrected chi connectivity index (χ4v) is 2.73. The zero-order valence-electron chi connectivity index (χ0n) is 11.3. The van der Waals surface area contributed by atoms with Gasteiger partial charge in [0.1, 0.15) is 11.5 Å². The van der Waals surface area contributed by atoms with E-state index in [1.807, 2.05) is 6.92 Å². The van der Waals surface area contributed by atoms with E-state index in [4.69, 9.17) is 4.42 Å². The number of hydrogen-bond donors (Lipinski definition) is 1. The molecule has 2 atom stereocenters. The Kier molecular flexibility index (Phi) is 3.76. The number of carbonyl (C=O) groups is 1. The van der Waals surface area contributed by atoms with Crippen molar-refractivity contribution < 1.29 is 14.3 Å².